The second-order valence-corrected chi connectivity index (χ2v) is 4.78. The Balaban J connectivity index is 2.48. The molecular formula is C12H17NO5. The number of carbonyl (C=O) groups excluding carboxylic acids is 2. The molecule has 0 spiro atoms. The van der Waals surface area contributed by atoms with Crippen molar-refractivity contribution in [3.63, 3.8) is 0 Å². The molecule has 2 atom stereocenters. The van der Waals surface area contributed by atoms with Gasteiger partial charge < -0.3 is 14.2 Å². The lowest BCUT2D eigenvalue weighted by molar-refractivity contribution is -0.157. The van der Waals surface area contributed by atoms with Crippen LogP contribution in [0.3, 0.4) is 0 Å². The van der Waals surface area contributed by atoms with E-state index >= 15 is 0 Å². The van der Waals surface area contributed by atoms with Gasteiger partial charge in [0.1, 0.15) is 6.61 Å². The Kier molecular flexibility index (Phi) is 4.54. The van der Waals surface area contributed by atoms with Crippen LogP contribution in [0.4, 0.5) is 4.79 Å². The minimum atomic E-state index is -1.03. The summed E-state index contributed by atoms with van der Waals surface area (Å²) in [5.41, 5.74) is -0.578. The Labute approximate surface area is 106 Å². The summed E-state index contributed by atoms with van der Waals surface area (Å²) in [5, 5.41) is 0. The first kappa shape index (κ1) is 14.3. The summed E-state index contributed by atoms with van der Waals surface area (Å²) < 4.78 is 14.4. The van der Waals surface area contributed by atoms with E-state index in [9.17, 15) is 9.59 Å². The summed E-state index contributed by atoms with van der Waals surface area (Å²) in [6.45, 7) is 12.2. The Morgan fingerprint density at radius 1 is 1.50 bits per heavy atom. The molecule has 1 aliphatic heterocycles. The number of nitrogens with zero attached hydrogens (tertiary/aromatic N) is 1. The fourth-order valence-electron chi connectivity index (χ4n) is 1.69. The fourth-order valence-corrected chi connectivity index (χ4v) is 1.69. The summed E-state index contributed by atoms with van der Waals surface area (Å²) in [6.07, 6.45) is -1.19. The molecule has 1 saturated heterocycles. The van der Waals surface area contributed by atoms with Crippen molar-refractivity contribution in [2.75, 3.05) is 6.61 Å². The first-order chi connectivity index (χ1) is 8.40. The maximum Gasteiger partial charge on any atom is 0.515 e. The number of hydrogen-bond donors (Lipinski definition) is 0. The van der Waals surface area contributed by atoms with Crippen LogP contribution < -0.4 is 0 Å². The van der Waals surface area contributed by atoms with Gasteiger partial charge in [0, 0.05) is 0 Å². The predicted molar refractivity (Wildman–Crippen MR) is 61.4 cm³/mol. The molecule has 0 aromatic rings. The molecule has 0 aromatic carbocycles. The van der Waals surface area contributed by atoms with Gasteiger partial charge in [-0.2, -0.15) is 0 Å². The standard InChI is InChI=1S/C12H17NO5/c1-5-6-12(2,3)10(14)16-7-8-9(13-4)18-11(15)17-8/h8-9H,5-7H2,1-3H3. The first-order valence-electron chi connectivity index (χ1n) is 5.81. The van der Waals surface area contributed by atoms with Crippen molar-refractivity contribution in [3.05, 3.63) is 11.4 Å². The zero-order valence-corrected chi connectivity index (χ0v) is 10.8. The van der Waals surface area contributed by atoms with Crippen LogP contribution >= 0.6 is 0 Å². The monoisotopic (exact) mass is 255 g/mol. The maximum atomic E-state index is 11.8. The van der Waals surface area contributed by atoms with Crippen LogP contribution in [-0.2, 0) is 19.0 Å². The van der Waals surface area contributed by atoms with Gasteiger partial charge in [-0.25, -0.2) is 11.4 Å². The van der Waals surface area contributed by atoms with Gasteiger partial charge in [-0.15, -0.1) is 0 Å². The van der Waals surface area contributed by atoms with Crippen LogP contribution in [-0.4, -0.2) is 31.1 Å². The van der Waals surface area contributed by atoms with Crippen molar-refractivity contribution < 1.29 is 23.8 Å². The Bertz CT molecular complexity index is 371. The van der Waals surface area contributed by atoms with E-state index in [1.54, 1.807) is 13.8 Å². The average molecular weight is 255 g/mol. The molecule has 0 aliphatic carbocycles. The molecule has 1 aliphatic rings. The van der Waals surface area contributed by atoms with Gasteiger partial charge in [0.15, 0.2) is 0 Å². The number of ether oxygens (including phenoxy) is 3. The molecule has 0 amide bonds. The molecule has 1 heterocycles. The van der Waals surface area contributed by atoms with Gasteiger partial charge in [-0.05, 0) is 20.3 Å². The van der Waals surface area contributed by atoms with Gasteiger partial charge in [-0.3, -0.25) is 9.64 Å². The SMILES string of the molecule is [C-]#[N+]C1OC(=O)OC1COC(=O)C(C)(C)CCC. The molecule has 1 rings (SSSR count). The number of esters is 1. The Hall–Kier alpha value is -1.77. The van der Waals surface area contributed by atoms with Crippen molar-refractivity contribution in [2.45, 2.75) is 45.9 Å². The van der Waals surface area contributed by atoms with E-state index in [-0.39, 0.29) is 12.6 Å². The molecule has 100 valence electrons. The summed E-state index contributed by atoms with van der Waals surface area (Å²) in [4.78, 5) is 25.7. The van der Waals surface area contributed by atoms with Crippen molar-refractivity contribution in [1.82, 2.24) is 0 Å². The van der Waals surface area contributed by atoms with Gasteiger partial charge in [0.05, 0.1) is 5.41 Å². The van der Waals surface area contributed by atoms with E-state index in [1.165, 1.54) is 0 Å². The molecular weight excluding hydrogens is 238 g/mol. The predicted octanol–water partition coefficient (Wildman–Crippen LogP) is 2.14. The van der Waals surface area contributed by atoms with E-state index in [1.807, 2.05) is 6.92 Å². The summed E-state index contributed by atoms with van der Waals surface area (Å²) >= 11 is 0. The van der Waals surface area contributed by atoms with Gasteiger partial charge in [0.25, 0.3) is 6.10 Å². The lowest BCUT2D eigenvalue weighted by atomic mass is 9.88. The quantitative estimate of drug-likeness (QED) is 0.556. The minimum Gasteiger partial charge on any atom is -0.461 e. The van der Waals surface area contributed by atoms with Gasteiger partial charge in [-0.1, -0.05) is 13.3 Å². The van der Waals surface area contributed by atoms with Crippen molar-refractivity contribution in [3.8, 4) is 0 Å². The molecule has 0 saturated carbocycles. The van der Waals surface area contributed by atoms with Gasteiger partial charge >= 0.3 is 18.4 Å². The minimum absolute atomic E-state index is 0.148. The summed E-state index contributed by atoms with van der Waals surface area (Å²) in [6, 6.07) is 0. The van der Waals surface area contributed by atoms with Crippen LogP contribution in [0.5, 0.6) is 0 Å². The number of carbonyl (C=O) groups is 2. The molecule has 1 fully saturated rings. The smallest absolute Gasteiger partial charge is 0.461 e. The third-order valence-electron chi connectivity index (χ3n) is 2.72. The van der Waals surface area contributed by atoms with Crippen LogP contribution in [0.25, 0.3) is 4.85 Å². The van der Waals surface area contributed by atoms with Crippen LogP contribution in [0.1, 0.15) is 33.6 Å². The second-order valence-electron chi connectivity index (χ2n) is 4.78. The lowest BCUT2D eigenvalue weighted by Crippen LogP contribution is -2.32. The van der Waals surface area contributed by atoms with Crippen LogP contribution in [0.15, 0.2) is 0 Å². The fraction of sp³-hybridized carbons (Fsp3) is 0.750. The highest BCUT2D eigenvalue weighted by Crippen LogP contribution is 2.25. The molecule has 18 heavy (non-hydrogen) atoms. The number of rotatable bonds is 5. The molecule has 0 N–H and O–H groups in total. The molecule has 2 unspecified atom stereocenters. The third kappa shape index (κ3) is 3.36. The van der Waals surface area contributed by atoms with E-state index in [0.717, 1.165) is 6.42 Å². The number of hydrogen-bond acceptors (Lipinski definition) is 5. The molecule has 0 radical (unpaired) electrons. The summed E-state index contributed by atoms with van der Waals surface area (Å²) in [5.74, 6) is -0.365. The Morgan fingerprint density at radius 2 is 2.17 bits per heavy atom. The molecule has 6 nitrogen and oxygen atoms in total. The van der Waals surface area contributed by atoms with E-state index in [0.29, 0.717) is 6.42 Å². The van der Waals surface area contributed by atoms with E-state index in [4.69, 9.17) is 16.0 Å². The largest absolute Gasteiger partial charge is 0.515 e. The van der Waals surface area contributed by atoms with Crippen LogP contribution in [0.2, 0.25) is 0 Å². The molecule has 0 bridgehead atoms. The van der Waals surface area contributed by atoms with E-state index < -0.39 is 23.9 Å². The average Bonchev–Trinajstić information content (AvgIpc) is 2.66. The zero-order chi connectivity index (χ0) is 13.8. The topological polar surface area (TPSA) is 66.2 Å². The highest BCUT2D eigenvalue weighted by atomic mass is 16.8. The number of cyclic esters (lactones) is 2. The first-order valence-corrected chi connectivity index (χ1v) is 5.81. The lowest BCUT2D eigenvalue weighted by Gasteiger charge is -2.22. The Morgan fingerprint density at radius 3 is 2.72 bits per heavy atom. The second kappa shape index (κ2) is 5.71. The van der Waals surface area contributed by atoms with Crippen molar-refractivity contribution in [1.29, 1.82) is 0 Å². The molecule has 6 heteroatoms. The maximum absolute atomic E-state index is 11.8. The normalized spacial score (nSPS) is 22.9. The van der Waals surface area contributed by atoms with Crippen molar-refractivity contribution >= 4 is 12.1 Å². The van der Waals surface area contributed by atoms with E-state index in [2.05, 4.69) is 9.58 Å². The highest BCUT2D eigenvalue weighted by molar-refractivity contribution is 5.75. The van der Waals surface area contributed by atoms with Gasteiger partial charge in [0.2, 0.25) is 0 Å². The zero-order valence-electron chi connectivity index (χ0n) is 10.8. The molecule has 0 aromatic heterocycles. The van der Waals surface area contributed by atoms with Crippen LogP contribution in [0, 0.1) is 12.0 Å². The summed E-state index contributed by atoms with van der Waals surface area (Å²) in [7, 11) is 0. The highest BCUT2D eigenvalue weighted by Gasteiger charge is 2.43. The third-order valence-corrected chi connectivity index (χ3v) is 2.72. The van der Waals surface area contributed by atoms with Crippen molar-refractivity contribution in [2.24, 2.45) is 5.41 Å².